The molecule has 1 aromatic heterocycles. The minimum absolute atomic E-state index is 0.0449. The first-order valence-electron chi connectivity index (χ1n) is 9.33. The molecule has 1 unspecified atom stereocenters. The Balaban J connectivity index is 1.84. The van der Waals surface area contributed by atoms with E-state index in [9.17, 15) is 14.7 Å². The van der Waals surface area contributed by atoms with Crippen molar-refractivity contribution < 1.29 is 24.0 Å². The molecule has 1 fully saturated rings. The maximum atomic E-state index is 12.4. The van der Waals surface area contributed by atoms with Crippen molar-refractivity contribution in [2.24, 2.45) is 5.41 Å². The van der Waals surface area contributed by atoms with Gasteiger partial charge in [-0.05, 0) is 34.1 Å². The Morgan fingerprint density at radius 3 is 2.57 bits per heavy atom. The topological polar surface area (TPSA) is 92.9 Å². The van der Waals surface area contributed by atoms with Gasteiger partial charge in [-0.15, -0.1) is 0 Å². The molecule has 7 nitrogen and oxygen atoms in total. The lowest BCUT2D eigenvalue weighted by molar-refractivity contribution is -0.152. The quantitative estimate of drug-likeness (QED) is 0.851. The number of carboxylic acids is 1. The van der Waals surface area contributed by atoms with E-state index in [1.807, 2.05) is 30.3 Å². The van der Waals surface area contributed by atoms with Gasteiger partial charge in [-0.1, -0.05) is 35.5 Å². The largest absolute Gasteiger partial charge is 0.481 e. The normalized spacial score (nSPS) is 22.7. The van der Waals surface area contributed by atoms with Crippen molar-refractivity contribution in [2.45, 2.75) is 45.6 Å². The molecule has 1 N–H and O–H groups in total. The number of hydrogen-bond acceptors (Lipinski definition) is 5. The third kappa shape index (κ3) is 4.03. The summed E-state index contributed by atoms with van der Waals surface area (Å²) in [5.41, 5.74) is -0.273. The summed E-state index contributed by atoms with van der Waals surface area (Å²) in [5.74, 6) is -0.857. The molecule has 2 heterocycles. The number of amides is 1. The highest BCUT2D eigenvalue weighted by Crippen LogP contribution is 2.44. The summed E-state index contributed by atoms with van der Waals surface area (Å²) in [6.07, 6.45) is -0.0492. The second kappa shape index (κ2) is 7.30. The van der Waals surface area contributed by atoms with Crippen molar-refractivity contribution in [3.8, 4) is 11.3 Å². The maximum absolute atomic E-state index is 12.4. The average Bonchev–Trinajstić information content (AvgIpc) is 3.10. The molecule has 3 rings (SSSR count). The molecule has 1 amide bonds. The van der Waals surface area contributed by atoms with Crippen LogP contribution in [0, 0.1) is 5.41 Å². The number of aromatic nitrogens is 1. The molecule has 7 heteroatoms. The Morgan fingerprint density at radius 2 is 1.96 bits per heavy atom. The number of ether oxygens (including phenoxy) is 1. The number of aliphatic carboxylic acids is 1. The molecule has 150 valence electrons. The van der Waals surface area contributed by atoms with Crippen LogP contribution in [0.25, 0.3) is 11.3 Å². The molecule has 1 aliphatic heterocycles. The van der Waals surface area contributed by atoms with Gasteiger partial charge in [-0.3, -0.25) is 4.79 Å². The van der Waals surface area contributed by atoms with E-state index in [-0.39, 0.29) is 6.54 Å². The zero-order valence-electron chi connectivity index (χ0n) is 16.6. The number of carbonyl (C=O) groups is 2. The summed E-state index contributed by atoms with van der Waals surface area (Å²) >= 11 is 0. The Labute approximate surface area is 164 Å². The summed E-state index contributed by atoms with van der Waals surface area (Å²) in [4.78, 5) is 26.0. The van der Waals surface area contributed by atoms with E-state index >= 15 is 0 Å². The molecule has 0 spiro atoms. The standard InChI is InChI=1S/C21H26N2O5/c1-20(2,3)27-19(26)23-11-10-15(21(4,13-23)18(24)25)17-12-16(22-28-17)14-8-6-5-7-9-14/h5-9,12,15H,10-11,13H2,1-4H3,(H,24,25)/t15-,21?/m1/s1. The Hall–Kier alpha value is -2.83. The molecular formula is C21H26N2O5. The number of hydrogen-bond donors (Lipinski definition) is 1. The van der Waals surface area contributed by atoms with Gasteiger partial charge in [-0.2, -0.15) is 0 Å². The smallest absolute Gasteiger partial charge is 0.410 e. The first-order chi connectivity index (χ1) is 13.1. The van der Waals surface area contributed by atoms with Crippen molar-refractivity contribution >= 4 is 12.1 Å². The summed E-state index contributed by atoms with van der Waals surface area (Å²) in [6, 6.07) is 11.4. The molecule has 1 aliphatic rings. The lowest BCUT2D eigenvalue weighted by Gasteiger charge is -2.42. The predicted molar refractivity (Wildman–Crippen MR) is 103 cm³/mol. The van der Waals surface area contributed by atoms with Gasteiger partial charge in [0, 0.05) is 30.6 Å². The molecule has 0 saturated carbocycles. The fourth-order valence-electron chi connectivity index (χ4n) is 3.54. The van der Waals surface area contributed by atoms with Crippen LogP contribution in [-0.4, -0.2) is 45.9 Å². The zero-order valence-corrected chi connectivity index (χ0v) is 16.6. The van der Waals surface area contributed by atoms with Crippen molar-refractivity contribution in [1.82, 2.24) is 10.1 Å². The van der Waals surface area contributed by atoms with Crippen LogP contribution in [0.4, 0.5) is 4.79 Å². The van der Waals surface area contributed by atoms with Gasteiger partial charge in [0.2, 0.25) is 0 Å². The van der Waals surface area contributed by atoms with E-state index < -0.39 is 29.0 Å². The molecule has 0 radical (unpaired) electrons. The van der Waals surface area contributed by atoms with Gasteiger partial charge in [0.05, 0.1) is 5.41 Å². The number of nitrogens with zero attached hydrogens (tertiary/aromatic N) is 2. The number of likely N-dealkylation sites (tertiary alicyclic amines) is 1. The highest BCUT2D eigenvalue weighted by molar-refractivity contribution is 5.78. The lowest BCUT2D eigenvalue weighted by Crippen LogP contribution is -2.53. The third-order valence-corrected chi connectivity index (χ3v) is 5.06. The van der Waals surface area contributed by atoms with Gasteiger partial charge < -0.3 is 19.3 Å². The number of benzene rings is 1. The number of piperidine rings is 1. The molecule has 0 bridgehead atoms. The van der Waals surface area contributed by atoms with Crippen LogP contribution < -0.4 is 0 Å². The number of carbonyl (C=O) groups excluding carboxylic acids is 1. The minimum atomic E-state index is -1.21. The van der Waals surface area contributed by atoms with E-state index in [1.165, 1.54) is 4.90 Å². The maximum Gasteiger partial charge on any atom is 0.410 e. The predicted octanol–water partition coefficient (Wildman–Crippen LogP) is 4.16. The number of carboxylic acid groups (broad SMARTS) is 1. The van der Waals surface area contributed by atoms with Crippen molar-refractivity contribution in [3.05, 3.63) is 42.2 Å². The van der Waals surface area contributed by atoms with Crippen LogP contribution in [0.15, 0.2) is 40.9 Å². The van der Waals surface area contributed by atoms with E-state index in [4.69, 9.17) is 9.26 Å². The molecule has 1 aromatic carbocycles. The van der Waals surface area contributed by atoms with Crippen LogP contribution >= 0.6 is 0 Å². The second-order valence-electron chi connectivity index (χ2n) is 8.45. The number of rotatable bonds is 3. The first kappa shape index (κ1) is 19.9. The van der Waals surface area contributed by atoms with Crippen LogP contribution in [-0.2, 0) is 9.53 Å². The summed E-state index contributed by atoms with van der Waals surface area (Å²) in [6.45, 7) is 7.43. The van der Waals surface area contributed by atoms with E-state index in [1.54, 1.807) is 33.8 Å². The highest BCUT2D eigenvalue weighted by atomic mass is 16.6. The second-order valence-corrected chi connectivity index (χ2v) is 8.45. The highest BCUT2D eigenvalue weighted by Gasteiger charge is 2.49. The van der Waals surface area contributed by atoms with Crippen molar-refractivity contribution in [1.29, 1.82) is 0 Å². The Kier molecular flexibility index (Phi) is 5.19. The van der Waals surface area contributed by atoms with E-state index in [0.29, 0.717) is 24.4 Å². The molecule has 0 aliphatic carbocycles. The fourth-order valence-corrected chi connectivity index (χ4v) is 3.54. The summed E-state index contributed by atoms with van der Waals surface area (Å²) in [5, 5.41) is 14.1. The molecule has 1 saturated heterocycles. The molecule has 28 heavy (non-hydrogen) atoms. The lowest BCUT2D eigenvalue weighted by atomic mass is 9.71. The van der Waals surface area contributed by atoms with Gasteiger partial charge in [0.15, 0.2) is 0 Å². The minimum Gasteiger partial charge on any atom is -0.481 e. The molecule has 2 aromatic rings. The Bertz CT molecular complexity index is 855. The van der Waals surface area contributed by atoms with Crippen LogP contribution in [0.2, 0.25) is 0 Å². The van der Waals surface area contributed by atoms with Crippen LogP contribution in [0.3, 0.4) is 0 Å². The van der Waals surface area contributed by atoms with Crippen LogP contribution in [0.5, 0.6) is 0 Å². The average molecular weight is 386 g/mol. The summed E-state index contributed by atoms with van der Waals surface area (Å²) in [7, 11) is 0. The SMILES string of the molecule is CC(C)(C)OC(=O)N1CC[C@H](c2cc(-c3ccccc3)no2)C(C)(C(=O)O)C1. The van der Waals surface area contributed by atoms with Gasteiger partial charge in [0.25, 0.3) is 0 Å². The fraction of sp³-hybridized carbons (Fsp3) is 0.476. The van der Waals surface area contributed by atoms with Gasteiger partial charge in [-0.25, -0.2) is 4.79 Å². The first-order valence-corrected chi connectivity index (χ1v) is 9.33. The van der Waals surface area contributed by atoms with E-state index in [0.717, 1.165) is 5.56 Å². The summed E-state index contributed by atoms with van der Waals surface area (Å²) < 4.78 is 10.9. The monoisotopic (exact) mass is 386 g/mol. The third-order valence-electron chi connectivity index (χ3n) is 5.06. The van der Waals surface area contributed by atoms with Crippen molar-refractivity contribution in [2.75, 3.05) is 13.1 Å². The van der Waals surface area contributed by atoms with Crippen LogP contribution in [0.1, 0.15) is 45.8 Å². The molecule has 2 atom stereocenters. The van der Waals surface area contributed by atoms with Crippen molar-refractivity contribution in [3.63, 3.8) is 0 Å². The Morgan fingerprint density at radius 1 is 1.29 bits per heavy atom. The van der Waals surface area contributed by atoms with Gasteiger partial charge >= 0.3 is 12.1 Å². The molecular weight excluding hydrogens is 360 g/mol. The zero-order chi connectivity index (χ0) is 20.5. The van der Waals surface area contributed by atoms with E-state index in [2.05, 4.69) is 5.16 Å². The van der Waals surface area contributed by atoms with Gasteiger partial charge in [0.1, 0.15) is 17.1 Å².